The third-order valence-electron chi connectivity index (χ3n) is 9.30. The Morgan fingerprint density at radius 1 is 0.692 bits per heavy atom. The molecule has 0 aromatic carbocycles. The van der Waals surface area contributed by atoms with E-state index in [1.165, 1.54) is 52.2 Å². The Labute approximate surface area is 171 Å². The summed E-state index contributed by atoms with van der Waals surface area (Å²) in [6, 6.07) is 0. The minimum atomic E-state index is -0.351. The summed E-state index contributed by atoms with van der Waals surface area (Å²) in [5.74, 6) is 8.29. The molecule has 0 aliphatic heterocycles. The largest absolute Gasteiger partial charge is 0.153 e. The molecule has 8 fully saturated rings. The first-order valence-electron chi connectivity index (χ1n) is 11.8. The Hall–Kier alpha value is 1.09. The fourth-order valence-corrected chi connectivity index (χ4v) is 17.9. The van der Waals surface area contributed by atoms with Crippen molar-refractivity contribution in [2.45, 2.75) is 104 Å². The zero-order chi connectivity index (χ0) is 16.6. The van der Waals surface area contributed by atoms with E-state index in [0.29, 0.717) is 0 Å². The van der Waals surface area contributed by atoms with Crippen LogP contribution in [-0.2, 0) is 16.8 Å². The molecule has 153 valence electrons. The van der Waals surface area contributed by atoms with Gasteiger partial charge in [-0.25, -0.2) is 0 Å². The van der Waals surface area contributed by atoms with Crippen molar-refractivity contribution in [2.24, 2.45) is 41.4 Å². The Morgan fingerprint density at radius 3 is 1.62 bits per heavy atom. The van der Waals surface area contributed by atoms with E-state index in [1.807, 2.05) is 0 Å². The summed E-state index contributed by atoms with van der Waals surface area (Å²) in [5.41, 5.74) is 0. The molecule has 1 atom stereocenters. The Bertz CT molecular complexity index is 465. The van der Waals surface area contributed by atoms with Crippen LogP contribution >= 0.6 is 9.90 Å². The minimum Gasteiger partial charge on any atom is -0.153 e. The molecule has 8 aliphatic rings. The van der Waals surface area contributed by atoms with Crippen LogP contribution in [0.1, 0.15) is 90.4 Å². The van der Waals surface area contributed by atoms with Gasteiger partial charge in [-0.2, -0.15) is 9.90 Å². The summed E-state index contributed by atoms with van der Waals surface area (Å²) in [4.78, 5) is 1.72. The summed E-state index contributed by atoms with van der Waals surface area (Å²) in [7, 11) is 0. The van der Waals surface area contributed by atoms with Crippen molar-refractivity contribution in [3.8, 4) is 0 Å². The van der Waals surface area contributed by atoms with Gasteiger partial charge < -0.3 is 0 Å². The van der Waals surface area contributed by atoms with E-state index in [2.05, 4.69) is 6.92 Å². The molecule has 26 heavy (non-hydrogen) atoms. The molecule has 0 aromatic heterocycles. The van der Waals surface area contributed by atoms with Gasteiger partial charge in [0.2, 0.25) is 0 Å². The van der Waals surface area contributed by atoms with E-state index in [-0.39, 0.29) is 26.7 Å². The van der Waals surface area contributed by atoms with Crippen LogP contribution in [0, 0.1) is 41.4 Å². The van der Waals surface area contributed by atoms with E-state index >= 15 is 0 Å². The number of rotatable bonds is 5. The van der Waals surface area contributed by atoms with Gasteiger partial charge >= 0.3 is 162 Å². The number of unbranched alkanes of at least 4 members (excludes halogenated alkanes) is 1. The predicted octanol–water partition coefficient (Wildman–Crippen LogP) is 7.51. The fourth-order valence-electron chi connectivity index (χ4n) is 9.11. The fraction of sp³-hybridized carbons (Fsp3) is 1.00. The van der Waals surface area contributed by atoms with Crippen molar-refractivity contribution < 1.29 is 16.8 Å². The van der Waals surface area contributed by atoms with Crippen molar-refractivity contribution in [2.75, 3.05) is 0 Å². The van der Waals surface area contributed by atoms with Crippen LogP contribution in [0.3, 0.4) is 0 Å². The second kappa shape index (κ2) is 7.10. The monoisotopic (exact) mass is 467 g/mol. The van der Waals surface area contributed by atoms with Crippen molar-refractivity contribution in [1.29, 1.82) is 0 Å². The zero-order valence-electron chi connectivity index (χ0n) is 17.0. The summed E-state index contributed by atoms with van der Waals surface area (Å²) in [6.07, 6.45) is 21.4. The molecular weight excluding hydrogens is 426 g/mol. The van der Waals surface area contributed by atoms with Gasteiger partial charge in [-0.3, -0.25) is 0 Å². The topological polar surface area (TPSA) is 0 Å². The van der Waals surface area contributed by atoms with Crippen LogP contribution in [0.4, 0.5) is 0 Å². The average molecular weight is 468 g/mol. The summed E-state index contributed by atoms with van der Waals surface area (Å²) < 4.78 is 2.22. The van der Waals surface area contributed by atoms with Gasteiger partial charge in [-0.1, -0.05) is 0 Å². The molecule has 0 nitrogen and oxygen atoms in total. The van der Waals surface area contributed by atoms with Gasteiger partial charge in [0.1, 0.15) is 0 Å². The first-order valence-corrected chi connectivity index (χ1v) is 14.5. The minimum absolute atomic E-state index is 0. The van der Waals surface area contributed by atoms with Gasteiger partial charge in [0.05, 0.1) is 0 Å². The van der Waals surface area contributed by atoms with Crippen LogP contribution in [0.2, 0.25) is 13.2 Å². The molecule has 0 amide bonds. The Morgan fingerprint density at radius 2 is 1.15 bits per heavy atom. The molecule has 8 saturated carbocycles. The van der Waals surface area contributed by atoms with Crippen molar-refractivity contribution in [3.05, 3.63) is 0 Å². The zero-order valence-corrected chi connectivity index (χ0v) is 20.0. The maximum atomic E-state index is 2.46. The predicted molar refractivity (Wildman–Crippen MR) is 112 cm³/mol. The first kappa shape index (κ1) is 19.1. The van der Waals surface area contributed by atoms with Crippen molar-refractivity contribution >= 4 is 9.90 Å². The third kappa shape index (κ3) is 2.96. The SMILES string of the molecule is CCC[CH2][Pd]([CH]1C2CC3CC(C2)CC1C3)[C]12CC3CC(CC(C3)C1)C2.P. The van der Waals surface area contributed by atoms with Crippen LogP contribution < -0.4 is 0 Å². The Kier molecular flexibility index (Phi) is 5.21. The summed E-state index contributed by atoms with van der Waals surface area (Å²) >= 11 is -0.351. The molecule has 0 N–H and O–H groups in total. The molecule has 1 unspecified atom stereocenters. The molecule has 0 aromatic rings. The molecule has 0 heterocycles. The Balaban J connectivity index is 0.00000150. The van der Waals surface area contributed by atoms with Gasteiger partial charge in [-0.05, 0) is 0 Å². The maximum absolute atomic E-state index is 2.46. The number of hydrogen-bond acceptors (Lipinski definition) is 0. The molecule has 2 heteroatoms. The molecule has 8 rings (SSSR count). The quantitative estimate of drug-likeness (QED) is 0.290. The van der Waals surface area contributed by atoms with E-state index in [1.54, 1.807) is 81.9 Å². The normalized spacial score (nSPS) is 53.7. The average Bonchev–Trinajstić information content (AvgIpc) is 2.55. The van der Waals surface area contributed by atoms with Gasteiger partial charge in [-0.15, -0.1) is 0 Å². The third-order valence-corrected chi connectivity index (χ3v) is 16.5. The van der Waals surface area contributed by atoms with E-state index in [9.17, 15) is 0 Å². The van der Waals surface area contributed by atoms with E-state index in [0.717, 1.165) is 3.89 Å². The van der Waals surface area contributed by atoms with Crippen LogP contribution in [-0.4, -0.2) is 0 Å². The second-order valence-electron chi connectivity index (χ2n) is 11.2. The summed E-state index contributed by atoms with van der Waals surface area (Å²) in [5, 5.41) is 0. The molecule has 8 aliphatic carbocycles. The smallest absolute Gasteiger partial charge is 0.153 e. The van der Waals surface area contributed by atoms with E-state index < -0.39 is 0 Å². The van der Waals surface area contributed by atoms with Gasteiger partial charge in [0.25, 0.3) is 0 Å². The van der Waals surface area contributed by atoms with Gasteiger partial charge in [0.15, 0.2) is 0 Å². The second-order valence-corrected chi connectivity index (χ2v) is 16.3. The van der Waals surface area contributed by atoms with Crippen LogP contribution in [0.25, 0.3) is 0 Å². The molecule has 8 bridgehead atoms. The molecule has 0 saturated heterocycles. The van der Waals surface area contributed by atoms with Crippen molar-refractivity contribution in [3.63, 3.8) is 0 Å². The van der Waals surface area contributed by atoms with Crippen LogP contribution in [0.5, 0.6) is 0 Å². The maximum Gasteiger partial charge on any atom is -0.153 e. The first-order chi connectivity index (χ1) is 12.2. The van der Waals surface area contributed by atoms with Crippen LogP contribution in [0.15, 0.2) is 0 Å². The number of hydrogen-bond donors (Lipinski definition) is 0. The molecule has 0 radical (unpaired) electrons. The standard InChI is InChI=1S/2C10H15.C4H9.H3P.Pd/c2*1-7-2-9-4-8(1)5-10(3-7)6-9;1-3-4-2;;/h7-9H,1-6H2;1,7-10H,2-6H2;1,3-4H2,2H3;1H3;. The molecule has 0 spiro atoms. The summed E-state index contributed by atoms with van der Waals surface area (Å²) in [6.45, 7) is 2.46. The molecular formula is C24H42PPd. The van der Waals surface area contributed by atoms with Crippen molar-refractivity contribution in [1.82, 2.24) is 0 Å². The van der Waals surface area contributed by atoms with E-state index in [4.69, 9.17) is 0 Å². The van der Waals surface area contributed by atoms with Gasteiger partial charge in [0, 0.05) is 0 Å².